The molecule has 3 aromatic rings. The summed E-state index contributed by atoms with van der Waals surface area (Å²) in [5.41, 5.74) is 1.42. The topological polar surface area (TPSA) is 65.1 Å². The van der Waals surface area contributed by atoms with Gasteiger partial charge in [0.15, 0.2) is 11.5 Å². The van der Waals surface area contributed by atoms with Gasteiger partial charge < -0.3 is 14.2 Å². The average Bonchev–Trinajstić information content (AvgIpc) is 3.12. The standard InChI is InChI=1S/C26H21Cl2NO5S/c1-32-22-12-6-8-17(24(22)34-16-18-7-2-3-9-19(18)27)15-23-25(30)29(26(31)35-23)13-14-33-21-11-5-4-10-20(21)28/h2-12,15H,13-14,16H2,1H3/b23-15-. The van der Waals surface area contributed by atoms with Gasteiger partial charge in [0.2, 0.25) is 0 Å². The second-order valence-corrected chi connectivity index (χ2v) is 9.18. The molecular weight excluding hydrogens is 509 g/mol. The van der Waals surface area contributed by atoms with Crippen molar-refractivity contribution in [2.24, 2.45) is 0 Å². The predicted molar refractivity (Wildman–Crippen MR) is 138 cm³/mol. The number of benzene rings is 3. The number of amides is 2. The van der Waals surface area contributed by atoms with Gasteiger partial charge in [-0.15, -0.1) is 0 Å². The number of carbonyl (C=O) groups is 2. The number of rotatable bonds is 9. The van der Waals surface area contributed by atoms with Crippen LogP contribution in [0.4, 0.5) is 4.79 Å². The lowest BCUT2D eigenvalue weighted by molar-refractivity contribution is -0.123. The summed E-state index contributed by atoms with van der Waals surface area (Å²) in [6.45, 7) is 0.434. The maximum atomic E-state index is 13.0. The molecule has 2 amide bonds. The molecular formula is C26H21Cl2NO5S. The Bertz CT molecular complexity index is 1280. The van der Waals surface area contributed by atoms with E-state index >= 15 is 0 Å². The zero-order valence-electron chi connectivity index (χ0n) is 18.7. The van der Waals surface area contributed by atoms with Gasteiger partial charge in [-0.25, -0.2) is 0 Å². The summed E-state index contributed by atoms with van der Waals surface area (Å²) >= 11 is 13.2. The van der Waals surface area contributed by atoms with Crippen molar-refractivity contribution < 1.29 is 23.8 Å². The van der Waals surface area contributed by atoms with Crippen LogP contribution in [-0.2, 0) is 11.4 Å². The van der Waals surface area contributed by atoms with E-state index in [4.69, 9.17) is 37.4 Å². The van der Waals surface area contributed by atoms with Crippen molar-refractivity contribution >= 4 is 52.2 Å². The Hall–Kier alpha value is -3.13. The Morgan fingerprint density at radius 3 is 2.34 bits per heavy atom. The van der Waals surface area contributed by atoms with E-state index in [1.54, 1.807) is 54.6 Å². The summed E-state index contributed by atoms with van der Waals surface area (Å²) < 4.78 is 17.1. The number of nitrogens with zero attached hydrogens (tertiary/aromatic N) is 1. The molecule has 4 rings (SSSR count). The molecule has 0 unspecified atom stereocenters. The fourth-order valence-electron chi connectivity index (χ4n) is 3.37. The van der Waals surface area contributed by atoms with Crippen LogP contribution in [0.1, 0.15) is 11.1 Å². The maximum Gasteiger partial charge on any atom is 0.293 e. The number of thioether (sulfide) groups is 1. The first kappa shape index (κ1) is 25.0. The van der Waals surface area contributed by atoms with Gasteiger partial charge in [0, 0.05) is 16.1 Å². The number of methoxy groups -OCH3 is 1. The Morgan fingerprint density at radius 1 is 0.886 bits per heavy atom. The summed E-state index contributed by atoms with van der Waals surface area (Å²) in [5.74, 6) is 1.04. The number of hydrogen-bond acceptors (Lipinski definition) is 6. The predicted octanol–water partition coefficient (Wildman–Crippen LogP) is 6.70. The third-order valence-corrected chi connectivity index (χ3v) is 6.72. The van der Waals surface area contributed by atoms with E-state index < -0.39 is 5.91 Å². The van der Waals surface area contributed by atoms with E-state index in [1.165, 1.54) is 7.11 Å². The smallest absolute Gasteiger partial charge is 0.293 e. The third-order valence-electron chi connectivity index (χ3n) is 5.13. The van der Waals surface area contributed by atoms with Crippen LogP contribution in [0.3, 0.4) is 0 Å². The minimum atomic E-state index is -0.400. The highest BCUT2D eigenvalue weighted by molar-refractivity contribution is 8.18. The van der Waals surface area contributed by atoms with Gasteiger partial charge in [-0.2, -0.15) is 0 Å². The number of ether oxygens (including phenoxy) is 3. The Morgan fingerprint density at radius 2 is 1.60 bits per heavy atom. The molecule has 0 saturated carbocycles. The minimum absolute atomic E-state index is 0.0984. The lowest BCUT2D eigenvalue weighted by Crippen LogP contribution is -2.32. The summed E-state index contributed by atoms with van der Waals surface area (Å²) in [6.07, 6.45) is 1.63. The van der Waals surface area contributed by atoms with Crippen molar-refractivity contribution in [2.75, 3.05) is 20.3 Å². The van der Waals surface area contributed by atoms with Gasteiger partial charge in [0.1, 0.15) is 19.0 Å². The summed E-state index contributed by atoms with van der Waals surface area (Å²) in [6, 6.07) is 19.7. The normalized spacial score (nSPS) is 14.5. The molecule has 0 aliphatic carbocycles. The average molecular weight is 530 g/mol. The van der Waals surface area contributed by atoms with E-state index in [0.717, 1.165) is 22.2 Å². The molecule has 0 N–H and O–H groups in total. The molecule has 1 aliphatic rings. The lowest BCUT2D eigenvalue weighted by atomic mass is 10.1. The maximum absolute atomic E-state index is 13.0. The Kier molecular flexibility index (Phi) is 8.23. The van der Waals surface area contributed by atoms with Crippen molar-refractivity contribution in [3.8, 4) is 17.2 Å². The van der Waals surface area contributed by atoms with Crippen LogP contribution in [0.5, 0.6) is 17.2 Å². The Labute approximate surface area is 217 Å². The van der Waals surface area contributed by atoms with E-state index in [2.05, 4.69) is 0 Å². The van der Waals surface area contributed by atoms with Crippen LogP contribution in [-0.4, -0.2) is 36.3 Å². The lowest BCUT2D eigenvalue weighted by Gasteiger charge is -2.15. The molecule has 1 aliphatic heterocycles. The number of imide groups is 1. The SMILES string of the molecule is COc1cccc(/C=C2\SC(=O)N(CCOc3ccccc3Cl)C2=O)c1OCc1ccccc1Cl. The summed E-state index contributed by atoms with van der Waals surface area (Å²) in [7, 11) is 1.54. The van der Waals surface area contributed by atoms with E-state index in [0.29, 0.717) is 32.9 Å². The molecule has 0 atom stereocenters. The van der Waals surface area contributed by atoms with Gasteiger partial charge in [-0.05, 0) is 42.1 Å². The largest absolute Gasteiger partial charge is 0.493 e. The number of carbonyl (C=O) groups excluding carboxylic acids is 2. The highest BCUT2D eigenvalue weighted by atomic mass is 35.5. The van der Waals surface area contributed by atoms with Gasteiger partial charge in [-0.3, -0.25) is 14.5 Å². The fourth-order valence-corrected chi connectivity index (χ4v) is 4.61. The molecule has 9 heteroatoms. The van der Waals surface area contributed by atoms with Gasteiger partial charge in [0.25, 0.3) is 11.1 Å². The third kappa shape index (κ3) is 5.93. The van der Waals surface area contributed by atoms with Crippen LogP contribution >= 0.6 is 35.0 Å². The summed E-state index contributed by atoms with van der Waals surface area (Å²) in [4.78, 5) is 26.9. The van der Waals surface area contributed by atoms with Gasteiger partial charge >= 0.3 is 0 Å². The monoisotopic (exact) mass is 529 g/mol. The van der Waals surface area contributed by atoms with E-state index in [9.17, 15) is 9.59 Å². The van der Waals surface area contributed by atoms with Gasteiger partial charge in [-0.1, -0.05) is 65.7 Å². The fraction of sp³-hybridized carbons (Fsp3) is 0.154. The first-order valence-electron chi connectivity index (χ1n) is 10.6. The molecule has 3 aromatic carbocycles. The highest BCUT2D eigenvalue weighted by Gasteiger charge is 2.35. The number of halogens is 2. The first-order chi connectivity index (χ1) is 17.0. The van der Waals surface area contributed by atoms with Crippen LogP contribution < -0.4 is 14.2 Å². The second-order valence-electron chi connectivity index (χ2n) is 7.37. The highest BCUT2D eigenvalue weighted by Crippen LogP contribution is 2.38. The molecule has 1 heterocycles. The quantitative estimate of drug-likeness (QED) is 0.287. The molecule has 0 aromatic heterocycles. The molecule has 180 valence electrons. The van der Waals surface area contributed by atoms with Crippen molar-refractivity contribution in [3.05, 3.63) is 92.8 Å². The van der Waals surface area contributed by atoms with E-state index in [1.807, 2.05) is 18.2 Å². The van der Waals surface area contributed by atoms with Gasteiger partial charge in [0.05, 0.1) is 23.6 Å². The van der Waals surface area contributed by atoms with Crippen LogP contribution in [0.2, 0.25) is 10.0 Å². The first-order valence-corrected chi connectivity index (χ1v) is 12.2. The Balaban J connectivity index is 1.49. The molecule has 1 fully saturated rings. The molecule has 6 nitrogen and oxygen atoms in total. The number of para-hydroxylation sites is 2. The van der Waals surface area contributed by atoms with Crippen LogP contribution in [0.15, 0.2) is 71.6 Å². The van der Waals surface area contributed by atoms with Crippen molar-refractivity contribution in [2.45, 2.75) is 6.61 Å². The second kappa shape index (κ2) is 11.5. The zero-order valence-corrected chi connectivity index (χ0v) is 21.0. The zero-order chi connectivity index (χ0) is 24.8. The van der Waals surface area contributed by atoms with Crippen LogP contribution in [0.25, 0.3) is 6.08 Å². The molecule has 0 spiro atoms. The molecule has 0 radical (unpaired) electrons. The summed E-state index contributed by atoms with van der Waals surface area (Å²) in [5, 5.41) is 0.679. The van der Waals surface area contributed by atoms with Crippen molar-refractivity contribution in [1.29, 1.82) is 0 Å². The van der Waals surface area contributed by atoms with Crippen molar-refractivity contribution in [1.82, 2.24) is 4.90 Å². The minimum Gasteiger partial charge on any atom is -0.493 e. The van der Waals surface area contributed by atoms with Crippen molar-refractivity contribution in [3.63, 3.8) is 0 Å². The van der Waals surface area contributed by atoms with Crippen LogP contribution in [0, 0.1) is 0 Å². The molecule has 35 heavy (non-hydrogen) atoms. The molecule has 0 bridgehead atoms. The van der Waals surface area contributed by atoms with E-state index in [-0.39, 0.29) is 29.9 Å². The number of hydrogen-bond donors (Lipinski definition) is 0. The molecule has 1 saturated heterocycles.